The number of carbonyl (C=O) groups excluding carboxylic acids is 3. The van der Waals surface area contributed by atoms with E-state index in [1.165, 1.54) is 7.11 Å². The molecule has 0 bridgehead atoms. The Balaban J connectivity index is 2.35. The molecule has 0 spiro atoms. The molecule has 1 unspecified atom stereocenters. The molecule has 0 aromatic heterocycles. The van der Waals surface area contributed by atoms with Crippen LogP contribution in [0.25, 0.3) is 0 Å². The highest BCUT2D eigenvalue weighted by molar-refractivity contribution is 6.27. The Kier molecular flexibility index (Phi) is 4.02. The predicted molar refractivity (Wildman–Crippen MR) is 72.4 cm³/mol. The van der Waals surface area contributed by atoms with Crippen LogP contribution in [-0.2, 0) is 9.59 Å². The van der Waals surface area contributed by atoms with Gasteiger partial charge in [-0.2, -0.15) is 0 Å². The zero-order valence-corrected chi connectivity index (χ0v) is 11.4. The number of hydrogen-bond acceptors (Lipinski definition) is 4. The van der Waals surface area contributed by atoms with E-state index in [0.29, 0.717) is 24.3 Å². The normalized spacial score (nSPS) is 19.0. The van der Waals surface area contributed by atoms with Gasteiger partial charge in [0.25, 0.3) is 0 Å². The highest BCUT2D eigenvalue weighted by Crippen LogP contribution is 2.26. The van der Waals surface area contributed by atoms with Crippen LogP contribution < -0.4 is 15.0 Å². The fourth-order valence-corrected chi connectivity index (χ4v) is 2.15. The highest BCUT2D eigenvalue weighted by Gasteiger charge is 2.40. The number of carbonyl (C=O) groups is 3. The third kappa shape index (κ3) is 2.49. The van der Waals surface area contributed by atoms with Crippen LogP contribution in [0.1, 0.15) is 19.8 Å². The number of benzene rings is 1. The molecular weight excluding hydrogens is 260 g/mol. The molecule has 1 aromatic rings. The number of nitrogens with zero attached hydrogens (tertiary/aromatic N) is 1. The summed E-state index contributed by atoms with van der Waals surface area (Å²) in [4.78, 5) is 36.9. The van der Waals surface area contributed by atoms with E-state index in [9.17, 15) is 14.4 Å². The third-order valence-electron chi connectivity index (χ3n) is 3.16. The second kappa shape index (κ2) is 5.73. The SMILES string of the molecule is CCCC1C(=O)NC(=O)N(c2cccc(OC)c2)C1=O. The molecule has 4 amide bonds. The number of ether oxygens (including phenoxy) is 1. The van der Waals surface area contributed by atoms with Gasteiger partial charge in [0.2, 0.25) is 11.8 Å². The summed E-state index contributed by atoms with van der Waals surface area (Å²) < 4.78 is 5.07. The summed E-state index contributed by atoms with van der Waals surface area (Å²) in [6, 6.07) is 5.88. The summed E-state index contributed by atoms with van der Waals surface area (Å²) in [6.45, 7) is 1.88. The van der Waals surface area contributed by atoms with Crippen LogP contribution in [0.2, 0.25) is 0 Å². The third-order valence-corrected chi connectivity index (χ3v) is 3.16. The van der Waals surface area contributed by atoms with E-state index in [0.717, 1.165) is 4.90 Å². The smallest absolute Gasteiger partial charge is 0.335 e. The first-order valence-corrected chi connectivity index (χ1v) is 6.41. The molecule has 1 aliphatic heterocycles. The number of amides is 4. The van der Waals surface area contributed by atoms with Crippen molar-refractivity contribution in [3.05, 3.63) is 24.3 Å². The Morgan fingerprint density at radius 1 is 1.30 bits per heavy atom. The van der Waals surface area contributed by atoms with Gasteiger partial charge in [-0.3, -0.25) is 14.9 Å². The number of methoxy groups -OCH3 is 1. The first-order chi connectivity index (χ1) is 9.58. The average Bonchev–Trinajstić information content (AvgIpc) is 2.43. The molecule has 6 heteroatoms. The second-order valence-electron chi connectivity index (χ2n) is 4.51. The van der Waals surface area contributed by atoms with Gasteiger partial charge in [0, 0.05) is 6.07 Å². The maximum Gasteiger partial charge on any atom is 0.335 e. The minimum atomic E-state index is -0.816. The van der Waals surface area contributed by atoms with Crippen molar-refractivity contribution >= 4 is 23.5 Å². The summed E-state index contributed by atoms with van der Waals surface area (Å²) in [6.07, 6.45) is 1.10. The molecule has 1 aromatic carbocycles. The van der Waals surface area contributed by atoms with Crippen molar-refractivity contribution in [1.82, 2.24) is 5.32 Å². The minimum Gasteiger partial charge on any atom is -0.497 e. The van der Waals surface area contributed by atoms with Crippen LogP contribution in [-0.4, -0.2) is 25.0 Å². The van der Waals surface area contributed by atoms with Crippen LogP contribution in [0.3, 0.4) is 0 Å². The molecular formula is C14H16N2O4. The Morgan fingerprint density at radius 2 is 2.05 bits per heavy atom. The summed E-state index contributed by atoms with van der Waals surface area (Å²) in [5.41, 5.74) is 0.389. The average molecular weight is 276 g/mol. The van der Waals surface area contributed by atoms with Gasteiger partial charge in [-0.15, -0.1) is 0 Å². The van der Waals surface area contributed by atoms with Crippen LogP contribution >= 0.6 is 0 Å². The molecule has 0 radical (unpaired) electrons. The standard InChI is InChI=1S/C14H16N2O4/c1-3-5-11-12(17)15-14(19)16(13(11)18)9-6-4-7-10(8-9)20-2/h4,6-8,11H,3,5H2,1-2H3,(H,15,17,19). The maximum absolute atomic E-state index is 12.3. The van der Waals surface area contributed by atoms with E-state index in [1.807, 2.05) is 6.92 Å². The molecule has 20 heavy (non-hydrogen) atoms. The maximum atomic E-state index is 12.3. The fourth-order valence-electron chi connectivity index (χ4n) is 2.15. The van der Waals surface area contributed by atoms with Crippen molar-refractivity contribution < 1.29 is 19.1 Å². The van der Waals surface area contributed by atoms with Crippen molar-refractivity contribution in [2.75, 3.05) is 12.0 Å². The summed E-state index contributed by atoms with van der Waals surface area (Å²) in [5.74, 6) is -1.30. The molecule has 2 rings (SSSR count). The van der Waals surface area contributed by atoms with Crippen LogP contribution in [0.4, 0.5) is 10.5 Å². The molecule has 1 N–H and O–H groups in total. The summed E-state index contributed by atoms with van der Waals surface area (Å²) >= 11 is 0. The van der Waals surface area contributed by atoms with Gasteiger partial charge in [-0.25, -0.2) is 9.69 Å². The largest absolute Gasteiger partial charge is 0.497 e. The lowest BCUT2D eigenvalue weighted by molar-refractivity contribution is -0.134. The zero-order chi connectivity index (χ0) is 14.7. The zero-order valence-electron chi connectivity index (χ0n) is 11.4. The van der Waals surface area contributed by atoms with Gasteiger partial charge in [-0.05, 0) is 18.6 Å². The van der Waals surface area contributed by atoms with E-state index < -0.39 is 23.8 Å². The molecule has 1 saturated heterocycles. The lowest BCUT2D eigenvalue weighted by Crippen LogP contribution is -2.58. The number of hydrogen-bond donors (Lipinski definition) is 1. The lowest BCUT2D eigenvalue weighted by atomic mass is 9.99. The highest BCUT2D eigenvalue weighted by atomic mass is 16.5. The minimum absolute atomic E-state index is 0.389. The molecule has 0 saturated carbocycles. The fraction of sp³-hybridized carbons (Fsp3) is 0.357. The number of anilines is 1. The molecule has 6 nitrogen and oxygen atoms in total. The molecule has 0 aliphatic carbocycles. The van der Waals surface area contributed by atoms with Crippen LogP contribution in [0.15, 0.2) is 24.3 Å². The van der Waals surface area contributed by atoms with Gasteiger partial charge in [0.15, 0.2) is 0 Å². The lowest BCUT2D eigenvalue weighted by Gasteiger charge is -2.30. The molecule has 1 fully saturated rings. The predicted octanol–water partition coefficient (Wildman–Crippen LogP) is 1.69. The van der Waals surface area contributed by atoms with Gasteiger partial charge in [0.1, 0.15) is 11.7 Å². The molecule has 1 heterocycles. The topological polar surface area (TPSA) is 75.7 Å². The first-order valence-electron chi connectivity index (χ1n) is 6.41. The Bertz CT molecular complexity index is 556. The van der Waals surface area contributed by atoms with Gasteiger partial charge in [-0.1, -0.05) is 19.4 Å². The molecule has 1 atom stereocenters. The van der Waals surface area contributed by atoms with Crippen molar-refractivity contribution in [2.45, 2.75) is 19.8 Å². The number of barbiturate groups is 1. The Morgan fingerprint density at radius 3 is 2.70 bits per heavy atom. The second-order valence-corrected chi connectivity index (χ2v) is 4.51. The van der Waals surface area contributed by atoms with Crippen LogP contribution in [0, 0.1) is 5.92 Å². The van der Waals surface area contributed by atoms with Crippen LogP contribution in [0.5, 0.6) is 5.75 Å². The number of imide groups is 2. The van der Waals surface area contributed by atoms with E-state index in [-0.39, 0.29) is 0 Å². The van der Waals surface area contributed by atoms with Crippen molar-refractivity contribution in [3.8, 4) is 5.75 Å². The Labute approximate surface area is 116 Å². The van der Waals surface area contributed by atoms with Crippen molar-refractivity contribution in [2.24, 2.45) is 5.92 Å². The van der Waals surface area contributed by atoms with Gasteiger partial charge in [0.05, 0.1) is 12.8 Å². The van der Waals surface area contributed by atoms with E-state index in [4.69, 9.17) is 4.74 Å². The number of rotatable bonds is 4. The van der Waals surface area contributed by atoms with Crippen molar-refractivity contribution in [1.29, 1.82) is 0 Å². The Hall–Kier alpha value is -2.37. The number of urea groups is 1. The van der Waals surface area contributed by atoms with E-state index in [1.54, 1.807) is 24.3 Å². The first kappa shape index (κ1) is 14.0. The van der Waals surface area contributed by atoms with Gasteiger partial charge < -0.3 is 4.74 Å². The summed E-state index contributed by atoms with van der Waals surface area (Å²) in [5, 5.41) is 2.22. The number of nitrogens with one attached hydrogen (secondary N) is 1. The molecule has 106 valence electrons. The van der Waals surface area contributed by atoms with Crippen molar-refractivity contribution in [3.63, 3.8) is 0 Å². The summed E-state index contributed by atoms with van der Waals surface area (Å²) in [7, 11) is 1.50. The van der Waals surface area contributed by atoms with E-state index >= 15 is 0 Å². The van der Waals surface area contributed by atoms with Gasteiger partial charge >= 0.3 is 6.03 Å². The monoisotopic (exact) mass is 276 g/mol. The molecule has 1 aliphatic rings. The quantitative estimate of drug-likeness (QED) is 0.849. The van der Waals surface area contributed by atoms with E-state index in [2.05, 4.69) is 5.32 Å².